The van der Waals surface area contributed by atoms with Crippen molar-refractivity contribution in [1.29, 1.82) is 5.26 Å². The van der Waals surface area contributed by atoms with Crippen LogP contribution >= 0.6 is 0 Å². The molecule has 1 aromatic carbocycles. The van der Waals surface area contributed by atoms with E-state index < -0.39 is 5.97 Å². The molecule has 0 spiro atoms. The van der Waals surface area contributed by atoms with Crippen molar-refractivity contribution >= 4 is 17.3 Å². The Morgan fingerprint density at radius 1 is 1.59 bits per heavy atom. The Kier molecular flexibility index (Phi) is 3.15. The number of carboxylic acids is 1. The summed E-state index contributed by atoms with van der Waals surface area (Å²) in [6, 6.07) is 7.14. The Morgan fingerprint density at radius 2 is 2.41 bits per heavy atom. The van der Waals surface area contributed by atoms with Crippen molar-refractivity contribution in [3.63, 3.8) is 0 Å². The van der Waals surface area contributed by atoms with Crippen molar-refractivity contribution < 1.29 is 9.90 Å². The fourth-order valence-electron chi connectivity index (χ4n) is 1.95. The first-order chi connectivity index (χ1) is 8.22. The molecular weight excluding hydrogens is 218 g/mol. The molecule has 2 rings (SSSR count). The molecule has 0 atom stereocenters. The average molecular weight is 231 g/mol. The molecule has 5 heteroatoms. The average Bonchev–Trinajstić information content (AvgIpc) is 2.35. The van der Waals surface area contributed by atoms with E-state index in [2.05, 4.69) is 16.3 Å². The van der Waals surface area contributed by atoms with Crippen LogP contribution in [0.1, 0.15) is 16.8 Å². The third-order valence-corrected chi connectivity index (χ3v) is 2.77. The van der Waals surface area contributed by atoms with E-state index in [9.17, 15) is 4.79 Å². The summed E-state index contributed by atoms with van der Waals surface area (Å²) in [5, 5.41) is 20.7. The molecule has 0 aliphatic carbocycles. The number of nitrogens with one attached hydrogen (secondary N) is 1. The second-order valence-corrected chi connectivity index (χ2v) is 3.86. The molecule has 1 heterocycles. The maximum atomic E-state index is 10.9. The Labute approximate surface area is 99.3 Å². The molecular formula is C12H13N3O2. The van der Waals surface area contributed by atoms with Crippen molar-refractivity contribution in [2.24, 2.45) is 0 Å². The Hall–Kier alpha value is -2.22. The van der Waals surface area contributed by atoms with Gasteiger partial charge in [0.15, 0.2) is 0 Å². The molecule has 1 aliphatic rings. The van der Waals surface area contributed by atoms with Crippen molar-refractivity contribution in [3.05, 3.63) is 23.8 Å². The highest BCUT2D eigenvalue weighted by Gasteiger charge is 2.17. The molecule has 0 radical (unpaired) electrons. The van der Waals surface area contributed by atoms with Gasteiger partial charge in [0.2, 0.25) is 0 Å². The van der Waals surface area contributed by atoms with E-state index in [0.717, 1.165) is 24.5 Å². The van der Waals surface area contributed by atoms with Gasteiger partial charge in [-0.2, -0.15) is 5.26 Å². The predicted octanol–water partition coefficient (Wildman–Crippen LogP) is 1.53. The molecule has 0 unspecified atom stereocenters. The fraction of sp³-hybridized carbons (Fsp3) is 0.333. The van der Waals surface area contributed by atoms with Crippen LogP contribution in [0.25, 0.3) is 0 Å². The number of carbonyl (C=O) groups is 1. The second kappa shape index (κ2) is 4.74. The van der Waals surface area contributed by atoms with Crippen LogP contribution in [-0.4, -0.2) is 30.7 Å². The fourth-order valence-corrected chi connectivity index (χ4v) is 1.95. The van der Waals surface area contributed by atoms with Crippen LogP contribution in [0, 0.1) is 11.3 Å². The molecule has 1 aromatic rings. The van der Waals surface area contributed by atoms with Gasteiger partial charge in [-0.25, -0.2) is 4.79 Å². The first-order valence-corrected chi connectivity index (χ1v) is 5.45. The minimum atomic E-state index is -0.927. The zero-order chi connectivity index (χ0) is 12.3. The normalized spacial score (nSPS) is 13.5. The molecule has 0 amide bonds. The zero-order valence-electron chi connectivity index (χ0n) is 9.31. The number of aromatic carboxylic acids is 1. The number of hydrogen-bond donors (Lipinski definition) is 2. The summed E-state index contributed by atoms with van der Waals surface area (Å²) in [6.07, 6.45) is 0.472. The largest absolute Gasteiger partial charge is 0.478 e. The zero-order valence-corrected chi connectivity index (χ0v) is 9.31. The summed E-state index contributed by atoms with van der Waals surface area (Å²) in [6.45, 7) is 2.28. The van der Waals surface area contributed by atoms with Crippen LogP contribution in [0.4, 0.5) is 11.4 Å². The highest BCUT2D eigenvalue weighted by atomic mass is 16.4. The predicted molar refractivity (Wildman–Crippen MR) is 64.3 cm³/mol. The lowest BCUT2D eigenvalue weighted by Crippen LogP contribution is -2.34. The van der Waals surface area contributed by atoms with E-state index in [1.807, 2.05) is 0 Å². The molecule has 17 heavy (non-hydrogen) atoms. The van der Waals surface area contributed by atoms with Gasteiger partial charge >= 0.3 is 5.97 Å². The second-order valence-electron chi connectivity index (χ2n) is 3.86. The number of rotatable bonds is 3. The van der Waals surface area contributed by atoms with E-state index in [0.29, 0.717) is 13.0 Å². The van der Waals surface area contributed by atoms with Crippen molar-refractivity contribution in [2.75, 3.05) is 29.9 Å². The third-order valence-electron chi connectivity index (χ3n) is 2.77. The Balaban J connectivity index is 2.27. The minimum absolute atomic E-state index is 0.276. The smallest absolute Gasteiger partial charge is 0.335 e. The van der Waals surface area contributed by atoms with Crippen LogP contribution in [0.5, 0.6) is 0 Å². The first kappa shape index (κ1) is 11.3. The number of carboxylic acid groups (broad SMARTS) is 1. The number of anilines is 2. The molecule has 0 aromatic heterocycles. The molecule has 1 aliphatic heterocycles. The summed E-state index contributed by atoms with van der Waals surface area (Å²) in [7, 11) is 0. The lowest BCUT2D eigenvalue weighted by molar-refractivity contribution is 0.0697. The van der Waals surface area contributed by atoms with Crippen LogP contribution in [0.15, 0.2) is 18.2 Å². The van der Waals surface area contributed by atoms with Gasteiger partial charge in [0.1, 0.15) is 0 Å². The van der Waals surface area contributed by atoms with Crippen LogP contribution in [0.3, 0.4) is 0 Å². The van der Waals surface area contributed by atoms with Gasteiger partial charge < -0.3 is 15.3 Å². The molecule has 0 bridgehead atoms. The van der Waals surface area contributed by atoms with Gasteiger partial charge in [-0.3, -0.25) is 0 Å². The lowest BCUT2D eigenvalue weighted by atomic mass is 10.1. The number of nitrogens with zero attached hydrogens (tertiary/aromatic N) is 2. The molecule has 0 saturated carbocycles. The highest BCUT2D eigenvalue weighted by molar-refractivity contribution is 5.91. The number of nitriles is 1. The van der Waals surface area contributed by atoms with Crippen LogP contribution < -0.4 is 10.2 Å². The topological polar surface area (TPSA) is 76.4 Å². The number of fused-ring (bicyclic) bond motifs is 1. The SMILES string of the molecule is N#CCCN1CCNc2cc(C(=O)O)ccc21. The molecule has 5 nitrogen and oxygen atoms in total. The minimum Gasteiger partial charge on any atom is -0.478 e. The van der Waals surface area contributed by atoms with Crippen LogP contribution in [0.2, 0.25) is 0 Å². The molecule has 0 saturated heterocycles. The first-order valence-electron chi connectivity index (χ1n) is 5.45. The van der Waals surface area contributed by atoms with Crippen molar-refractivity contribution in [2.45, 2.75) is 6.42 Å². The van der Waals surface area contributed by atoms with Crippen molar-refractivity contribution in [3.8, 4) is 6.07 Å². The van der Waals surface area contributed by atoms with Crippen LogP contribution in [-0.2, 0) is 0 Å². The third kappa shape index (κ3) is 2.31. The van der Waals surface area contributed by atoms with E-state index in [1.54, 1.807) is 18.2 Å². The number of hydrogen-bond acceptors (Lipinski definition) is 4. The summed E-state index contributed by atoms with van der Waals surface area (Å²) < 4.78 is 0. The van der Waals surface area contributed by atoms with E-state index >= 15 is 0 Å². The Bertz CT molecular complexity index is 479. The monoisotopic (exact) mass is 231 g/mol. The van der Waals surface area contributed by atoms with Gasteiger partial charge in [-0.1, -0.05) is 0 Å². The standard InChI is InChI=1S/C12H13N3O2/c13-4-1-6-15-7-5-14-10-8-9(12(16)17)2-3-11(10)15/h2-3,8,14H,1,5-7H2,(H,16,17). The van der Waals surface area contributed by atoms with Gasteiger partial charge in [-0.05, 0) is 18.2 Å². The molecule has 2 N–H and O–H groups in total. The molecule has 0 fully saturated rings. The van der Waals surface area contributed by atoms with E-state index in [4.69, 9.17) is 10.4 Å². The quantitative estimate of drug-likeness (QED) is 0.825. The maximum Gasteiger partial charge on any atom is 0.335 e. The van der Waals surface area contributed by atoms with E-state index in [-0.39, 0.29) is 5.56 Å². The summed E-state index contributed by atoms with van der Waals surface area (Å²) >= 11 is 0. The van der Waals surface area contributed by atoms with Gasteiger partial charge in [0.05, 0.1) is 29.4 Å². The van der Waals surface area contributed by atoms with E-state index in [1.165, 1.54) is 0 Å². The highest BCUT2D eigenvalue weighted by Crippen LogP contribution is 2.29. The van der Waals surface area contributed by atoms with Crippen molar-refractivity contribution in [1.82, 2.24) is 0 Å². The summed E-state index contributed by atoms with van der Waals surface area (Å²) in [5.41, 5.74) is 2.07. The summed E-state index contributed by atoms with van der Waals surface area (Å²) in [5.74, 6) is -0.927. The van der Waals surface area contributed by atoms with Gasteiger partial charge in [-0.15, -0.1) is 0 Å². The summed E-state index contributed by atoms with van der Waals surface area (Å²) in [4.78, 5) is 13.0. The van der Waals surface area contributed by atoms with Gasteiger partial charge in [0, 0.05) is 19.6 Å². The van der Waals surface area contributed by atoms with Gasteiger partial charge in [0.25, 0.3) is 0 Å². The lowest BCUT2D eigenvalue weighted by Gasteiger charge is -2.31. The maximum absolute atomic E-state index is 10.9. The molecule has 88 valence electrons. The Morgan fingerprint density at radius 3 is 3.12 bits per heavy atom. The number of benzene rings is 1.